The maximum Gasteiger partial charge on any atom is 0.277 e. The second-order valence-corrected chi connectivity index (χ2v) is 4.13. The lowest BCUT2D eigenvalue weighted by Gasteiger charge is -2.14. The van der Waals surface area contributed by atoms with Crippen LogP contribution in [0.4, 0.5) is 8.78 Å². The highest BCUT2D eigenvalue weighted by Gasteiger charge is 2.26. The summed E-state index contributed by atoms with van der Waals surface area (Å²) in [6, 6.07) is 0. The van der Waals surface area contributed by atoms with Crippen LogP contribution in [0.5, 0.6) is 0 Å². The molecule has 0 saturated carbocycles. The SMILES string of the molecule is CC(=O)NCCCCCC(=O)NCC(F)(F)CN. The Kier molecular flexibility index (Phi) is 8.19. The molecule has 0 aromatic heterocycles. The highest BCUT2D eigenvalue weighted by atomic mass is 19.3. The number of amides is 2. The molecule has 0 aromatic carbocycles. The van der Waals surface area contributed by atoms with E-state index in [2.05, 4.69) is 10.6 Å². The van der Waals surface area contributed by atoms with Gasteiger partial charge in [0.2, 0.25) is 11.8 Å². The van der Waals surface area contributed by atoms with E-state index in [1.807, 2.05) is 0 Å². The summed E-state index contributed by atoms with van der Waals surface area (Å²) < 4.78 is 25.4. The molecule has 0 atom stereocenters. The van der Waals surface area contributed by atoms with E-state index < -0.39 is 24.9 Å². The Hall–Kier alpha value is -1.24. The van der Waals surface area contributed by atoms with Crippen molar-refractivity contribution in [3.63, 3.8) is 0 Å². The molecule has 0 fully saturated rings. The van der Waals surface area contributed by atoms with E-state index in [0.717, 1.165) is 12.8 Å². The molecule has 4 N–H and O–H groups in total. The van der Waals surface area contributed by atoms with E-state index in [4.69, 9.17) is 5.73 Å². The monoisotopic (exact) mass is 265 g/mol. The fourth-order valence-electron chi connectivity index (χ4n) is 1.24. The summed E-state index contributed by atoms with van der Waals surface area (Å²) >= 11 is 0. The Labute approximate surface area is 105 Å². The second kappa shape index (κ2) is 8.79. The lowest BCUT2D eigenvalue weighted by Crippen LogP contribution is -2.41. The molecular weight excluding hydrogens is 244 g/mol. The Bertz CT molecular complexity index is 273. The number of nitrogens with two attached hydrogens (primary N) is 1. The maximum absolute atomic E-state index is 12.7. The first-order valence-electron chi connectivity index (χ1n) is 5.96. The van der Waals surface area contributed by atoms with E-state index in [9.17, 15) is 18.4 Å². The van der Waals surface area contributed by atoms with Gasteiger partial charge in [0.05, 0.1) is 13.1 Å². The van der Waals surface area contributed by atoms with Crippen LogP contribution in [0, 0.1) is 0 Å². The van der Waals surface area contributed by atoms with Crippen molar-refractivity contribution in [2.75, 3.05) is 19.6 Å². The minimum Gasteiger partial charge on any atom is -0.356 e. The first-order valence-corrected chi connectivity index (χ1v) is 5.96. The van der Waals surface area contributed by atoms with Gasteiger partial charge in [0.15, 0.2) is 0 Å². The van der Waals surface area contributed by atoms with Crippen LogP contribution in [-0.4, -0.2) is 37.4 Å². The van der Waals surface area contributed by atoms with E-state index in [0.29, 0.717) is 13.0 Å². The molecule has 106 valence electrons. The van der Waals surface area contributed by atoms with E-state index >= 15 is 0 Å². The third-order valence-electron chi connectivity index (χ3n) is 2.30. The summed E-state index contributed by atoms with van der Waals surface area (Å²) in [4.78, 5) is 21.7. The highest BCUT2D eigenvalue weighted by Crippen LogP contribution is 2.09. The van der Waals surface area contributed by atoms with Gasteiger partial charge in [0, 0.05) is 19.9 Å². The molecular formula is C11H21F2N3O2. The Morgan fingerprint density at radius 3 is 2.39 bits per heavy atom. The van der Waals surface area contributed by atoms with Gasteiger partial charge in [-0.15, -0.1) is 0 Å². The van der Waals surface area contributed by atoms with E-state index in [1.54, 1.807) is 0 Å². The van der Waals surface area contributed by atoms with Crippen LogP contribution < -0.4 is 16.4 Å². The van der Waals surface area contributed by atoms with Crippen molar-refractivity contribution in [3.8, 4) is 0 Å². The van der Waals surface area contributed by atoms with Crippen LogP contribution >= 0.6 is 0 Å². The van der Waals surface area contributed by atoms with Gasteiger partial charge in [-0.05, 0) is 12.8 Å². The standard InChI is InChI=1S/C11H21F2N3O2/c1-9(17)15-6-4-2-3-5-10(18)16-8-11(12,13)7-14/h2-8,14H2,1H3,(H,15,17)(H,16,18). The Morgan fingerprint density at radius 1 is 1.17 bits per heavy atom. The topological polar surface area (TPSA) is 84.2 Å². The lowest BCUT2D eigenvalue weighted by molar-refractivity contribution is -0.123. The van der Waals surface area contributed by atoms with E-state index in [-0.39, 0.29) is 12.3 Å². The van der Waals surface area contributed by atoms with Crippen molar-refractivity contribution in [3.05, 3.63) is 0 Å². The molecule has 0 saturated heterocycles. The predicted octanol–water partition coefficient (Wildman–Crippen LogP) is 0.393. The third kappa shape index (κ3) is 9.95. The zero-order valence-electron chi connectivity index (χ0n) is 10.6. The molecule has 0 heterocycles. The van der Waals surface area contributed by atoms with Crippen LogP contribution in [0.1, 0.15) is 32.6 Å². The average molecular weight is 265 g/mol. The smallest absolute Gasteiger partial charge is 0.277 e. The van der Waals surface area contributed by atoms with Gasteiger partial charge in [-0.2, -0.15) is 0 Å². The molecule has 0 aromatic rings. The molecule has 2 amide bonds. The van der Waals surface area contributed by atoms with Gasteiger partial charge in [0.1, 0.15) is 0 Å². The van der Waals surface area contributed by atoms with Crippen molar-refractivity contribution in [2.24, 2.45) is 5.73 Å². The third-order valence-corrected chi connectivity index (χ3v) is 2.30. The fourth-order valence-corrected chi connectivity index (χ4v) is 1.24. The molecule has 0 bridgehead atoms. The minimum absolute atomic E-state index is 0.0863. The number of hydrogen-bond donors (Lipinski definition) is 3. The van der Waals surface area contributed by atoms with Crippen LogP contribution in [0.2, 0.25) is 0 Å². The van der Waals surface area contributed by atoms with Crippen molar-refractivity contribution >= 4 is 11.8 Å². The summed E-state index contributed by atoms with van der Waals surface area (Å²) in [5.41, 5.74) is 4.84. The first-order chi connectivity index (χ1) is 8.37. The number of carbonyl (C=O) groups is 2. The highest BCUT2D eigenvalue weighted by molar-refractivity contribution is 5.75. The summed E-state index contributed by atoms with van der Waals surface area (Å²) in [5, 5.41) is 4.78. The lowest BCUT2D eigenvalue weighted by atomic mass is 10.2. The van der Waals surface area contributed by atoms with Crippen LogP contribution in [-0.2, 0) is 9.59 Å². The second-order valence-electron chi connectivity index (χ2n) is 4.13. The fraction of sp³-hybridized carbons (Fsp3) is 0.818. The Balaban J connectivity index is 3.46. The van der Waals surface area contributed by atoms with Crippen LogP contribution in [0.3, 0.4) is 0 Å². The molecule has 0 aliphatic carbocycles. The zero-order valence-corrected chi connectivity index (χ0v) is 10.6. The normalized spacial score (nSPS) is 11.1. The van der Waals surface area contributed by atoms with Crippen molar-refractivity contribution < 1.29 is 18.4 Å². The van der Waals surface area contributed by atoms with Gasteiger partial charge in [-0.3, -0.25) is 9.59 Å². The maximum atomic E-state index is 12.7. The molecule has 0 radical (unpaired) electrons. The van der Waals surface area contributed by atoms with Crippen LogP contribution in [0.25, 0.3) is 0 Å². The quantitative estimate of drug-likeness (QED) is 0.527. The number of rotatable bonds is 9. The van der Waals surface area contributed by atoms with Crippen LogP contribution in [0.15, 0.2) is 0 Å². The number of carbonyl (C=O) groups excluding carboxylic acids is 2. The summed E-state index contributed by atoms with van der Waals surface area (Å²) in [6.45, 7) is 0.519. The van der Waals surface area contributed by atoms with Crippen molar-refractivity contribution in [2.45, 2.75) is 38.5 Å². The van der Waals surface area contributed by atoms with Gasteiger partial charge < -0.3 is 16.4 Å². The van der Waals surface area contributed by atoms with Gasteiger partial charge in [-0.25, -0.2) is 8.78 Å². The summed E-state index contributed by atoms with van der Waals surface area (Å²) in [7, 11) is 0. The largest absolute Gasteiger partial charge is 0.356 e. The molecule has 0 unspecified atom stereocenters. The zero-order chi connectivity index (χ0) is 14.0. The van der Waals surface area contributed by atoms with Crippen molar-refractivity contribution in [1.82, 2.24) is 10.6 Å². The first kappa shape index (κ1) is 16.8. The number of halogens is 2. The van der Waals surface area contributed by atoms with Crippen molar-refractivity contribution in [1.29, 1.82) is 0 Å². The van der Waals surface area contributed by atoms with E-state index in [1.165, 1.54) is 6.92 Å². The van der Waals surface area contributed by atoms with Gasteiger partial charge in [-0.1, -0.05) is 6.42 Å². The molecule has 0 aliphatic heterocycles. The number of alkyl halides is 2. The summed E-state index contributed by atoms with van der Waals surface area (Å²) in [6.07, 6.45) is 2.35. The minimum atomic E-state index is -3.04. The average Bonchev–Trinajstić information content (AvgIpc) is 2.31. The summed E-state index contributed by atoms with van der Waals surface area (Å²) in [5.74, 6) is -3.53. The van der Waals surface area contributed by atoms with Gasteiger partial charge >= 0.3 is 0 Å². The van der Waals surface area contributed by atoms with Gasteiger partial charge in [0.25, 0.3) is 5.92 Å². The number of unbranched alkanes of at least 4 members (excludes halogenated alkanes) is 2. The molecule has 18 heavy (non-hydrogen) atoms. The predicted molar refractivity (Wildman–Crippen MR) is 64.2 cm³/mol. The molecule has 7 heteroatoms. The molecule has 0 rings (SSSR count). The Morgan fingerprint density at radius 2 is 1.83 bits per heavy atom. The number of nitrogens with one attached hydrogen (secondary N) is 2. The molecule has 0 spiro atoms. The number of hydrogen-bond acceptors (Lipinski definition) is 3. The molecule has 0 aliphatic rings. The molecule has 5 nitrogen and oxygen atoms in total.